The normalized spacial score (nSPS) is 29.6. The number of hydrogen-bond donors (Lipinski definition) is 1. The van der Waals surface area contributed by atoms with Crippen molar-refractivity contribution in [1.29, 1.82) is 0 Å². The smallest absolute Gasteiger partial charge is 0.272 e. The molecule has 1 aliphatic carbocycles. The van der Waals surface area contributed by atoms with Gasteiger partial charge in [0.25, 0.3) is 5.91 Å². The zero-order valence-electron chi connectivity index (χ0n) is 12.4. The van der Waals surface area contributed by atoms with Gasteiger partial charge in [-0.2, -0.15) is 5.10 Å². The van der Waals surface area contributed by atoms with Gasteiger partial charge in [-0.05, 0) is 37.2 Å². The van der Waals surface area contributed by atoms with Gasteiger partial charge in [0, 0.05) is 26.2 Å². The van der Waals surface area contributed by atoms with Crippen LogP contribution in [0.3, 0.4) is 0 Å². The second-order valence-corrected chi connectivity index (χ2v) is 6.23. The summed E-state index contributed by atoms with van der Waals surface area (Å²) in [6, 6.07) is 2.19. The van der Waals surface area contributed by atoms with Crippen LogP contribution < -0.4 is 5.73 Å². The van der Waals surface area contributed by atoms with E-state index in [1.165, 1.54) is 12.8 Å². The second kappa shape index (κ2) is 5.20. The predicted molar refractivity (Wildman–Crippen MR) is 77.3 cm³/mol. The maximum Gasteiger partial charge on any atom is 0.272 e. The van der Waals surface area contributed by atoms with Crippen LogP contribution in [0.2, 0.25) is 0 Å². The van der Waals surface area contributed by atoms with E-state index in [0.29, 0.717) is 17.5 Å². The fraction of sp³-hybridized carbons (Fsp3) is 0.733. The van der Waals surface area contributed by atoms with Crippen molar-refractivity contribution in [2.24, 2.45) is 24.6 Å². The summed E-state index contributed by atoms with van der Waals surface area (Å²) in [6.45, 7) is 3.74. The summed E-state index contributed by atoms with van der Waals surface area (Å²) < 4.78 is 1.71. The van der Waals surface area contributed by atoms with Crippen LogP contribution in [0.25, 0.3) is 0 Å². The molecule has 2 aliphatic rings. The van der Waals surface area contributed by atoms with Crippen molar-refractivity contribution in [2.75, 3.05) is 13.1 Å². The Balaban J connectivity index is 1.76. The van der Waals surface area contributed by atoms with Crippen molar-refractivity contribution in [3.8, 4) is 0 Å². The minimum Gasteiger partial charge on any atom is -0.337 e. The molecule has 3 unspecified atom stereocenters. The van der Waals surface area contributed by atoms with Gasteiger partial charge in [-0.15, -0.1) is 0 Å². The number of rotatable bonds is 2. The number of fused-ring (bicyclic) bond motifs is 1. The summed E-state index contributed by atoms with van der Waals surface area (Å²) in [5.41, 5.74) is 7.90. The standard InChI is InChI=1S/C15H24N4O/c1-3-11-7-14(18(2)17-11)15(20)19-8-10-5-4-6-13(16)12(10)9-19/h7,10,12-13H,3-6,8-9,16H2,1-2H3. The van der Waals surface area contributed by atoms with Crippen LogP contribution in [0.4, 0.5) is 0 Å². The number of nitrogens with two attached hydrogens (primary N) is 1. The van der Waals surface area contributed by atoms with Gasteiger partial charge < -0.3 is 10.6 Å². The molecule has 0 aromatic carbocycles. The lowest BCUT2D eigenvalue weighted by Gasteiger charge is -2.29. The molecule has 2 N–H and O–H groups in total. The molecule has 0 spiro atoms. The Morgan fingerprint density at radius 1 is 1.45 bits per heavy atom. The molecule has 2 heterocycles. The number of carbonyl (C=O) groups is 1. The number of hydrogen-bond acceptors (Lipinski definition) is 3. The number of likely N-dealkylation sites (tertiary alicyclic amines) is 1. The predicted octanol–water partition coefficient (Wildman–Crippen LogP) is 1.18. The summed E-state index contributed by atoms with van der Waals surface area (Å²) in [5.74, 6) is 1.20. The van der Waals surface area contributed by atoms with E-state index in [1.807, 2.05) is 18.0 Å². The molecule has 3 rings (SSSR count). The summed E-state index contributed by atoms with van der Waals surface area (Å²) in [7, 11) is 1.85. The molecular weight excluding hydrogens is 252 g/mol. The third-order valence-electron chi connectivity index (χ3n) is 4.95. The highest BCUT2D eigenvalue weighted by Gasteiger charge is 2.40. The molecular formula is C15H24N4O. The maximum absolute atomic E-state index is 12.7. The van der Waals surface area contributed by atoms with Gasteiger partial charge >= 0.3 is 0 Å². The third kappa shape index (κ3) is 2.24. The Morgan fingerprint density at radius 3 is 2.90 bits per heavy atom. The molecule has 5 heteroatoms. The Bertz CT molecular complexity index is 510. The lowest BCUT2D eigenvalue weighted by molar-refractivity contribution is 0.0772. The largest absolute Gasteiger partial charge is 0.337 e. The van der Waals surface area contributed by atoms with E-state index in [0.717, 1.165) is 31.6 Å². The van der Waals surface area contributed by atoms with Gasteiger partial charge in [0.05, 0.1) is 5.69 Å². The van der Waals surface area contributed by atoms with Gasteiger partial charge in [-0.25, -0.2) is 0 Å². The molecule has 110 valence electrons. The lowest BCUT2D eigenvalue weighted by Crippen LogP contribution is -2.38. The van der Waals surface area contributed by atoms with E-state index < -0.39 is 0 Å². The molecule has 3 atom stereocenters. The lowest BCUT2D eigenvalue weighted by atomic mass is 9.78. The third-order valence-corrected chi connectivity index (χ3v) is 4.95. The van der Waals surface area contributed by atoms with E-state index >= 15 is 0 Å². The van der Waals surface area contributed by atoms with Crippen LogP contribution in [-0.2, 0) is 13.5 Å². The Hall–Kier alpha value is -1.36. The first-order chi connectivity index (χ1) is 9.60. The van der Waals surface area contributed by atoms with Crippen molar-refractivity contribution in [1.82, 2.24) is 14.7 Å². The molecule has 1 amide bonds. The molecule has 1 saturated carbocycles. The van der Waals surface area contributed by atoms with Crippen molar-refractivity contribution >= 4 is 5.91 Å². The molecule has 1 aliphatic heterocycles. The maximum atomic E-state index is 12.7. The molecule has 0 radical (unpaired) electrons. The van der Waals surface area contributed by atoms with Crippen LogP contribution in [0.15, 0.2) is 6.07 Å². The number of carbonyl (C=O) groups excluding carboxylic acids is 1. The topological polar surface area (TPSA) is 64.2 Å². The molecule has 2 fully saturated rings. The average molecular weight is 276 g/mol. The monoisotopic (exact) mass is 276 g/mol. The molecule has 1 saturated heterocycles. The SMILES string of the molecule is CCc1cc(C(=O)N2CC3CCCC(N)C3C2)n(C)n1. The average Bonchev–Trinajstić information content (AvgIpc) is 3.02. The number of nitrogens with zero attached hydrogens (tertiary/aromatic N) is 3. The van der Waals surface area contributed by atoms with E-state index in [2.05, 4.69) is 12.0 Å². The van der Waals surface area contributed by atoms with Gasteiger partial charge in [-0.3, -0.25) is 9.48 Å². The van der Waals surface area contributed by atoms with Crippen LogP contribution >= 0.6 is 0 Å². The van der Waals surface area contributed by atoms with Crippen molar-refractivity contribution in [3.05, 3.63) is 17.5 Å². The Kier molecular flexibility index (Phi) is 3.54. The van der Waals surface area contributed by atoms with Crippen molar-refractivity contribution in [2.45, 2.75) is 38.6 Å². The van der Waals surface area contributed by atoms with Crippen LogP contribution in [0, 0.1) is 11.8 Å². The van der Waals surface area contributed by atoms with Gasteiger partial charge in [0.2, 0.25) is 0 Å². The van der Waals surface area contributed by atoms with Crippen molar-refractivity contribution in [3.63, 3.8) is 0 Å². The number of aromatic nitrogens is 2. The molecule has 0 bridgehead atoms. The minimum absolute atomic E-state index is 0.112. The first-order valence-corrected chi connectivity index (χ1v) is 7.68. The molecule has 1 aromatic rings. The summed E-state index contributed by atoms with van der Waals surface area (Å²) in [5, 5.41) is 4.37. The molecule has 5 nitrogen and oxygen atoms in total. The second-order valence-electron chi connectivity index (χ2n) is 6.23. The van der Waals surface area contributed by atoms with Crippen molar-refractivity contribution < 1.29 is 4.79 Å². The number of aryl methyl sites for hydroxylation is 2. The quantitative estimate of drug-likeness (QED) is 0.882. The summed E-state index contributed by atoms with van der Waals surface area (Å²) in [6.07, 6.45) is 4.38. The first-order valence-electron chi connectivity index (χ1n) is 7.68. The highest BCUT2D eigenvalue weighted by atomic mass is 16.2. The van der Waals surface area contributed by atoms with Crippen LogP contribution in [0.1, 0.15) is 42.4 Å². The van der Waals surface area contributed by atoms with E-state index in [-0.39, 0.29) is 11.9 Å². The van der Waals surface area contributed by atoms with Gasteiger partial charge in [-0.1, -0.05) is 13.3 Å². The summed E-state index contributed by atoms with van der Waals surface area (Å²) in [4.78, 5) is 14.7. The first kappa shape index (κ1) is 13.6. The van der Waals surface area contributed by atoms with Gasteiger partial charge in [0.1, 0.15) is 5.69 Å². The highest BCUT2D eigenvalue weighted by Crippen LogP contribution is 2.36. The van der Waals surface area contributed by atoms with E-state index in [9.17, 15) is 4.79 Å². The van der Waals surface area contributed by atoms with E-state index in [1.54, 1.807) is 4.68 Å². The molecule has 1 aromatic heterocycles. The zero-order valence-corrected chi connectivity index (χ0v) is 12.4. The summed E-state index contributed by atoms with van der Waals surface area (Å²) >= 11 is 0. The zero-order chi connectivity index (χ0) is 14.3. The minimum atomic E-state index is 0.112. The Morgan fingerprint density at radius 2 is 2.25 bits per heavy atom. The van der Waals surface area contributed by atoms with Crippen LogP contribution in [0.5, 0.6) is 0 Å². The fourth-order valence-electron chi connectivity index (χ4n) is 3.74. The number of amides is 1. The van der Waals surface area contributed by atoms with E-state index in [4.69, 9.17) is 5.73 Å². The fourth-order valence-corrected chi connectivity index (χ4v) is 3.74. The highest BCUT2D eigenvalue weighted by molar-refractivity contribution is 5.93. The van der Waals surface area contributed by atoms with Crippen LogP contribution in [-0.4, -0.2) is 39.7 Å². The van der Waals surface area contributed by atoms with Gasteiger partial charge in [0.15, 0.2) is 0 Å². The molecule has 20 heavy (non-hydrogen) atoms. The Labute approximate surface area is 120 Å².